The van der Waals surface area contributed by atoms with E-state index in [2.05, 4.69) is 5.32 Å². The highest BCUT2D eigenvalue weighted by molar-refractivity contribution is 7.92. The molecule has 35 heavy (non-hydrogen) atoms. The molecule has 3 aromatic carbocycles. The molecule has 3 rings (SSSR count). The van der Waals surface area contributed by atoms with E-state index in [0.717, 1.165) is 4.31 Å². The number of amides is 1. The zero-order valence-electron chi connectivity index (χ0n) is 19.8. The number of anilines is 1. The maximum absolute atomic E-state index is 13.5. The standard InChI is InChI=1S/C25H27ClN2O6S/c1-17(21-15-19(32-2)11-13-23(21)33-3)27-25(29)16-28(18-10-12-24(34-4)22(26)14-18)35(30,31)20-8-6-5-7-9-20/h5-15,17H,16H2,1-4H3,(H,27,29)/t17-/m0/s1. The highest BCUT2D eigenvalue weighted by Crippen LogP contribution is 2.32. The fraction of sp³-hybridized carbons (Fsp3) is 0.240. The second kappa shape index (κ2) is 11.3. The maximum atomic E-state index is 13.5. The summed E-state index contributed by atoms with van der Waals surface area (Å²) in [5.74, 6) is 1.03. The number of hydrogen-bond donors (Lipinski definition) is 1. The lowest BCUT2D eigenvalue weighted by Gasteiger charge is -2.26. The number of halogens is 1. The monoisotopic (exact) mass is 518 g/mol. The molecule has 0 heterocycles. The molecular weight excluding hydrogens is 492 g/mol. The Morgan fingerprint density at radius 1 is 0.943 bits per heavy atom. The van der Waals surface area contributed by atoms with Crippen molar-refractivity contribution in [3.05, 3.63) is 77.3 Å². The van der Waals surface area contributed by atoms with Crippen LogP contribution in [0.3, 0.4) is 0 Å². The first-order chi connectivity index (χ1) is 16.7. The summed E-state index contributed by atoms with van der Waals surface area (Å²) in [5.41, 5.74) is 0.909. The number of nitrogens with zero attached hydrogens (tertiary/aromatic N) is 1. The van der Waals surface area contributed by atoms with Gasteiger partial charge in [0.1, 0.15) is 23.8 Å². The number of benzene rings is 3. The molecule has 0 spiro atoms. The Hall–Kier alpha value is -3.43. The van der Waals surface area contributed by atoms with E-state index in [4.69, 9.17) is 25.8 Å². The van der Waals surface area contributed by atoms with Gasteiger partial charge in [-0.1, -0.05) is 29.8 Å². The molecule has 0 aliphatic rings. The molecule has 0 aliphatic carbocycles. The average Bonchev–Trinajstić information content (AvgIpc) is 2.87. The molecule has 0 bridgehead atoms. The summed E-state index contributed by atoms with van der Waals surface area (Å²) < 4.78 is 43.9. The van der Waals surface area contributed by atoms with Crippen LogP contribution in [0, 0.1) is 0 Å². The van der Waals surface area contributed by atoms with Gasteiger partial charge in [0.2, 0.25) is 5.91 Å². The Morgan fingerprint density at radius 2 is 1.60 bits per heavy atom. The third kappa shape index (κ3) is 5.98. The van der Waals surface area contributed by atoms with E-state index in [1.807, 2.05) is 0 Å². The molecule has 10 heteroatoms. The number of hydrogen-bond acceptors (Lipinski definition) is 6. The fourth-order valence-electron chi connectivity index (χ4n) is 3.52. The van der Waals surface area contributed by atoms with Crippen LogP contribution in [0.2, 0.25) is 5.02 Å². The summed E-state index contributed by atoms with van der Waals surface area (Å²) in [6.07, 6.45) is 0. The Balaban J connectivity index is 1.93. The molecule has 186 valence electrons. The van der Waals surface area contributed by atoms with E-state index < -0.39 is 28.5 Å². The van der Waals surface area contributed by atoms with Gasteiger partial charge in [-0.25, -0.2) is 8.42 Å². The maximum Gasteiger partial charge on any atom is 0.264 e. The Kier molecular flexibility index (Phi) is 8.48. The predicted octanol–water partition coefficient (Wildman–Crippen LogP) is 4.44. The van der Waals surface area contributed by atoms with Gasteiger partial charge in [-0.15, -0.1) is 0 Å². The van der Waals surface area contributed by atoms with E-state index in [1.165, 1.54) is 38.5 Å². The highest BCUT2D eigenvalue weighted by atomic mass is 35.5. The molecule has 0 aromatic heterocycles. The minimum Gasteiger partial charge on any atom is -0.497 e. The van der Waals surface area contributed by atoms with Gasteiger partial charge in [0.25, 0.3) is 10.0 Å². The van der Waals surface area contributed by atoms with Gasteiger partial charge >= 0.3 is 0 Å². The molecule has 0 fully saturated rings. The topological polar surface area (TPSA) is 94.2 Å². The van der Waals surface area contributed by atoms with Crippen LogP contribution in [0.1, 0.15) is 18.5 Å². The molecule has 0 radical (unpaired) electrons. The van der Waals surface area contributed by atoms with Crippen LogP contribution in [0.15, 0.2) is 71.6 Å². The first-order valence-corrected chi connectivity index (χ1v) is 12.5. The van der Waals surface area contributed by atoms with Crippen LogP contribution >= 0.6 is 11.6 Å². The Bertz CT molecular complexity index is 1280. The third-order valence-corrected chi connectivity index (χ3v) is 7.41. The van der Waals surface area contributed by atoms with Gasteiger partial charge in [0.15, 0.2) is 0 Å². The first kappa shape index (κ1) is 26.2. The largest absolute Gasteiger partial charge is 0.497 e. The van der Waals surface area contributed by atoms with Crippen molar-refractivity contribution >= 4 is 33.2 Å². The lowest BCUT2D eigenvalue weighted by molar-refractivity contribution is -0.120. The summed E-state index contributed by atoms with van der Waals surface area (Å²) in [7, 11) is 0.450. The minimum atomic E-state index is -4.08. The van der Waals surface area contributed by atoms with Gasteiger partial charge in [-0.2, -0.15) is 0 Å². The third-order valence-electron chi connectivity index (χ3n) is 5.32. The second-order valence-corrected chi connectivity index (χ2v) is 9.81. The van der Waals surface area contributed by atoms with Crippen molar-refractivity contribution in [2.75, 3.05) is 32.2 Å². The smallest absolute Gasteiger partial charge is 0.264 e. The first-order valence-electron chi connectivity index (χ1n) is 10.6. The fourth-order valence-corrected chi connectivity index (χ4v) is 5.20. The lowest BCUT2D eigenvalue weighted by atomic mass is 10.1. The SMILES string of the molecule is COc1ccc(OC)c([C@H](C)NC(=O)CN(c2ccc(OC)c(Cl)c2)S(=O)(=O)c2ccccc2)c1. The average molecular weight is 519 g/mol. The van der Waals surface area contributed by atoms with Gasteiger partial charge < -0.3 is 19.5 Å². The molecule has 0 saturated carbocycles. The van der Waals surface area contributed by atoms with Gasteiger partial charge in [-0.3, -0.25) is 9.10 Å². The second-order valence-electron chi connectivity index (χ2n) is 7.54. The van der Waals surface area contributed by atoms with Crippen molar-refractivity contribution in [3.63, 3.8) is 0 Å². The molecule has 8 nitrogen and oxygen atoms in total. The van der Waals surface area contributed by atoms with E-state index in [-0.39, 0.29) is 15.6 Å². The van der Waals surface area contributed by atoms with Crippen molar-refractivity contribution in [1.29, 1.82) is 0 Å². The molecule has 3 aromatic rings. The van der Waals surface area contributed by atoms with Crippen LogP contribution in [0.5, 0.6) is 17.2 Å². The Labute approximate surface area is 210 Å². The van der Waals surface area contributed by atoms with Crippen molar-refractivity contribution in [2.45, 2.75) is 17.9 Å². The van der Waals surface area contributed by atoms with Crippen LogP contribution in [-0.4, -0.2) is 42.2 Å². The van der Waals surface area contributed by atoms with Crippen LogP contribution < -0.4 is 23.8 Å². The molecule has 1 amide bonds. The quantitative estimate of drug-likeness (QED) is 0.426. The van der Waals surface area contributed by atoms with Gasteiger partial charge in [0.05, 0.1) is 43.0 Å². The van der Waals surface area contributed by atoms with E-state index in [9.17, 15) is 13.2 Å². The van der Waals surface area contributed by atoms with E-state index in [0.29, 0.717) is 22.8 Å². The molecule has 1 N–H and O–H groups in total. The van der Waals surface area contributed by atoms with Gasteiger partial charge in [0, 0.05) is 5.56 Å². The number of methoxy groups -OCH3 is 3. The summed E-state index contributed by atoms with van der Waals surface area (Å²) in [4.78, 5) is 13.1. The van der Waals surface area contributed by atoms with E-state index >= 15 is 0 Å². The van der Waals surface area contributed by atoms with Crippen molar-refractivity contribution in [1.82, 2.24) is 5.32 Å². The molecule has 0 unspecified atom stereocenters. The molecule has 0 aliphatic heterocycles. The van der Waals surface area contributed by atoms with Crippen LogP contribution in [-0.2, 0) is 14.8 Å². The predicted molar refractivity (Wildman–Crippen MR) is 135 cm³/mol. The number of ether oxygens (including phenoxy) is 3. The van der Waals surface area contributed by atoms with Crippen LogP contribution in [0.25, 0.3) is 0 Å². The normalized spacial score (nSPS) is 11.9. The summed E-state index contributed by atoms with van der Waals surface area (Å²) in [5, 5.41) is 3.06. The Morgan fingerprint density at radius 3 is 2.20 bits per heavy atom. The number of nitrogens with one attached hydrogen (secondary N) is 1. The number of rotatable bonds is 10. The molecular formula is C25H27ClN2O6S. The number of carbonyl (C=O) groups excluding carboxylic acids is 1. The number of sulfonamides is 1. The number of carbonyl (C=O) groups is 1. The molecule has 1 atom stereocenters. The zero-order chi connectivity index (χ0) is 25.6. The highest BCUT2D eigenvalue weighted by Gasteiger charge is 2.28. The molecule has 0 saturated heterocycles. The van der Waals surface area contributed by atoms with Gasteiger partial charge in [-0.05, 0) is 55.5 Å². The lowest BCUT2D eigenvalue weighted by Crippen LogP contribution is -2.41. The summed E-state index contributed by atoms with van der Waals surface area (Å²) in [6.45, 7) is 1.30. The zero-order valence-corrected chi connectivity index (χ0v) is 21.4. The van der Waals surface area contributed by atoms with Crippen molar-refractivity contribution < 1.29 is 27.4 Å². The van der Waals surface area contributed by atoms with Crippen LogP contribution in [0.4, 0.5) is 5.69 Å². The summed E-state index contributed by atoms with van der Waals surface area (Å²) in [6, 6.07) is 17.2. The summed E-state index contributed by atoms with van der Waals surface area (Å²) >= 11 is 6.26. The van der Waals surface area contributed by atoms with Crippen molar-refractivity contribution in [2.24, 2.45) is 0 Å². The minimum absolute atomic E-state index is 0.0438. The van der Waals surface area contributed by atoms with Crippen molar-refractivity contribution in [3.8, 4) is 17.2 Å². The van der Waals surface area contributed by atoms with E-state index in [1.54, 1.807) is 56.5 Å².